The molecule has 3 N–H and O–H groups in total. The van der Waals surface area contributed by atoms with Crippen LogP contribution in [0.4, 0.5) is 14.5 Å². The molecule has 0 saturated carbocycles. The molecule has 0 bridgehead atoms. The standard InChI is InChI=1S/C15H17F2N5O3S/c1-22-12(7-6-11(18)23)20-21-15(22)26-8-13(24)19-9-2-4-10(5-3-9)25-14(16)17/h2-5,14H,6-8H2,1H3,(H2,18,23)(H,19,24). The quantitative estimate of drug-likeness (QED) is 0.634. The zero-order valence-corrected chi connectivity index (χ0v) is 14.6. The second-order valence-corrected chi connectivity index (χ2v) is 6.11. The topological polar surface area (TPSA) is 112 Å². The number of nitrogens with zero attached hydrogens (tertiary/aromatic N) is 3. The lowest BCUT2D eigenvalue weighted by molar-refractivity contribution is -0.118. The van der Waals surface area contributed by atoms with Crippen LogP contribution in [0.5, 0.6) is 5.75 Å². The third kappa shape index (κ3) is 5.99. The fourth-order valence-electron chi connectivity index (χ4n) is 1.97. The van der Waals surface area contributed by atoms with Crippen molar-refractivity contribution in [3.05, 3.63) is 30.1 Å². The molecule has 0 radical (unpaired) electrons. The molecule has 0 fully saturated rings. The maximum absolute atomic E-state index is 12.1. The number of anilines is 1. The van der Waals surface area contributed by atoms with Crippen LogP contribution in [0, 0.1) is 0 Å². The molecule has 140 valence electrons. The number of hydrogen-bond donors (Lipinski definition) is 2. The fraction of sp³-hybridized carbons (Fsp3) is 0.333. The van der Waals surface area contributed by atoms with Gasteiger partial charge in [-0.15, -0.1) is 10.2 Å². The number of aromatic nitrogens is 3. The first-order valence-electron chi connectivity index (χ1n) is 7.49. The molecule has 0 atom stereocenters. The molecule has 0 unspecified atom stereocenters. The molecule has 0 aliphatic rings. The second kappa shape index (κ2) is 9.13. The maximum Gasteiger partial charge on any atom is 0.387 e. The highest BCUT2D eigenvalue weighted by molar-refractivity contribution is 7.99. The van der Waals surface area contributed by atoms with Crippen LogP contribution in [0.15, 0.2) is 29.4 Å². The Kier molecular flexibility index (Phi) is 6.89. The first-order chi connectivity index (χ1) is 12.3. The molecule has 1 aromatic heterocycles. The summed E-state index contributed by atoms with van der Waals surface area (Å²) in [5, 5.41) is 11.1. The van der Waals surface area contributed by atoms with Gasteiger partial charge in [0.05, 0.1) is 5.75 Å². The van der Waals surface area contributed by atoms with Crippen LogP contribution in [-0.2, 0) is 23.1 Å². The van der Waals surface area contributed by atoms with Gasteiger partial charge in [0.25, 0.3) is 0 Å². The van der Waals surface area contributed by atoms with Crippen molar-refractivity contribution in [3.8, 4) is 5.75 Å². The average molecular weight is 385 g/mol. The molecular weight excluding hydrogens is 368 g/mol. The van der Waals surface area contributed by atoms with Gasteiger partial charge in [-0.1, -0.05) is 11.8 Å². The van der Waals surface area contributed by atoms with Crippen molar-refractivity contribution in [1.82, 2.24) is 14.8 Å². The monoisotopic (exact) mass is 385 g/mol. The molecular formula is C15H17F2N5O3S. The number of primary amides is 1. The molecule has 2 aromatic rings. The Morgan fingerprint density at radius 3 is 2.62 bits per heavy atom. The van der Waals surface area contributed by atoms with Crippen molar-refractivity contribution in [3.63, 3.8) is 0 Å². The van der Waals surface area contributed by atoms with Crippen molar-refractivity contribution in [1.29, 1.82) is 0 Å². The summed E-state index contributed by atoms with van der Waals surface area (Å²) in [4.78, 5) is 22.8. The number of nitrogens with one attached hydrogen (secondary N) is 1. The molecule has 2 rings (SSSR count). The molecule has 1 heterocycles. The smallest absolute Gasteiger partial charge is 0.387 e. The van der Waals surface area contributed by atoms with E-state index in [-0.39, 0.29) is 23.8 Å². The highest BCUT2D eigenvalue weighted by atomic mass is 32.2. The summed E-state index contributed by atoms with van der Waals surface area (Å²) in [6, 6.07) is 5.60. The summed E-state index contributed by atoms with van der Waals surface area (Å²) in [7, 11) is 1.73. The summed E-state index contributed by atoms with van der Waals surface area (Å²) < 4.78 is 30.1. The predicted molar refractivity (Wildman–Crippen MR) is 90.9 cm³/mol. The molecule has 1 aromatic carbocycles. The van der Waals surface area contributed by atoms with Gasteiger partial charge in [0.1, 0.15) is 11.6 Å². The number of alkyl halides is 2. The van der Waals surface area contributed by atoms with E-state index < -0.39 is 12.5 Å². The number of ether oxygens (including phenoxy) is 1. The highest BCUT2D eigenvalue weighted by Crippen LogP contribution is 2.19. The van der Waals surface area contributed by atoms with Crippen molar-refractivity contribution in [2.45, 2.75) is 24.6 Å². The van der Waals surface area contributed by atoms with E-state index in [0.717, 1.165) is 0 Å². The minimum absolute atomic E-state index is 0.00921. The number of carbonyl (C=O) groups is 2. The van der Waals surface area contributed by atoms with Gasteiger partial charge in [-0.2, -0.15) is 8.78 Å². The van der Waals surface area contributed by atoms with Crippen LogP contribution in [0.2, 0.25) is 0 Å². The first-order valence-corrected chi connectivity index (χ1v) is 8.48. The van der Waals surface area contributed by atoms with Crippen molar-refractivity contribution >= 4 is 29.3 Å². The van der Waals surface area contributed by atoms with E-state index in [1.807, 2.05) is 0 Å². The SMILES string of the molecule is Cn1c(CCC(N)=O)nnc1SCC(=O)Nc1ccc(OC(F)F)cc1. The summed E-state index contributed by atoms with van der Waals surface area (Å²) in [5.74, 6) is -0.0288. The summed E-state index contributed by atoms with van der Waals surface area (Å²) in [6.07, 6.45) is 0.543. The number of amides is 2. The van der Waals surface area contributed by atoms with Gasteiger partial charge in [0.2, 0.25) is 11.8 Å². The Bertz CT molecular complexity index is 767. The number of carbonyl (C=O) groups excluding carboxylic acids is 2. The van der Waals surface area contributed by atoms with Crippen LogP contribution in [0.3, 0.4) is 0 Å². The third-order valence-electron chi connectivity index (χ3n) is 3.22. The van der Waals surface area contributed by atoms with E-state index in [4.69, 9.17) is 5.73 Å². The van der Waals surface area contributed by atoms with Crippen LogP contribution in [0.25, 0.3) is 0 Å². The van der Waals surface area contributed by atoms with Gasteiger partial charge in [-0.25, -0.2) is 0 Å². The van der Waals surface area contributed by atoms with Gasteiger partial charge in [0, 0.05) is 25.6 Å². The number of thioether (sulfide) groups is 1. The second-order valence-electron chi connectivity index (χ2n) is 5.16. The number of benzene rings is 1. The molecule has 0 spiro atoms. The molecule has 0 aliphatic carbocycles. The normalized spacial score (nSPS) is 10.8. The third-order valence-corrected chi connectivity index (χ3v) is 4.24. The van der Waals surface area contributed by atoms with Gasteiger partial charge in [-0.3, -0.25) is 9.59 Å². The predicted octanol–water partition coefficient (Wildman–Crippen LogP) is 1.57. The Balaban J connectivity index is 1.84. The van der Waals surface area contributed by atoms with Gasteiger partial charge in [-0.05, 0) is 24.3 Å². The van der Waals surface area contributed by atoms with Crippen LogP contribution in [0.1, 0.15) is 12.2 Å². The maximum atomic E-state index is 12.1. The van der Waals surface area contributed by atoms with Crippen LogP contribution >= 0.6 is 11.8 Å². The minimum atomic E-state index is -2.90. The highest BCUT2D eigenvalue weighted by Gasteiger charge is 2.12. The lowest BCUT2D eigenvalue weighted by Gasteiger charge is -2.07. The molecule has 8 nitrogen and oxygen atoms in total. The first kappa shape index (κ1) is 19.6. The van der Waals surface area contributed by atoms with Gasteiger partial charge in [0.15, 0.2) is 5.16 Å². The number of hydrogen-bond acceptors (Lipinski definition) is 6. The minimum Gasteiger partial charge on any atom is -0.435 e. The van der Waals surface area contributed by atoms with E-state index in [1.54, 1.807) is 11.6 Å². The molecule has 0 aliphatic heterocycles. The van der Waals surface area contributed by atoms with Gasteiger partial charge >= 0.3 is 6.61 Å². The van der Waals surface area contributed by atoms with Gasteiger partial charge < -0.3 is 20.4 Å². The lowest BCUT2D eigenvalue weighted by atomic mass is 10.3. The molecule has 26 heavy (non-hydrogen) atoms. The van der Waals surface area contributed by atoms with E-state index in [2.05, 4.69) is 20.3 Å². The summed E-state index contributed by atoms with van der Waals surface area (Å²) >= 11 is 1.18. The number of rotatable bonds is 9. The zero-order chi connectivity index (χ0) is 19.1. The Morgan fingerprint density at radius 1 is 1.31 bits per heavy atom. The average Bonchev–Trinajstić information content (AvgIpc) is 2.92. The Morgan fingerprint density at radius 2 is 2.00 bits per heavy atom. The largest absolute Gasteiger partial charge is 0.435 e. The van der Waals surface area contributed by atoms with Crippen molar-refractivity contribution in [2.24, 2.45) is 12.8 Å². The molecule has 0 saturated heterocycles. The Labute approximate surface area is 152 Å². The molecule has 11 heteroatoms. The van der Waals surface area contributed by atoms with Crippen LogP contribution < -0.4 is 15.8 Å². The van der Waals surface area contributed by atoms with E-state index in [9.17, 15) is 18.4 Å². The number of halogens is 2. The van der Waals surface area contributed by atoms with Crippen molar-refractivity contribution < 1.29 is 23.1 Å². The Hall–Kier alpha value is -2.69. The van der Waals surface area contributed by atoms with Crippen LogP contribution in [-0.4, -0.2) is 38.9 Å². The number of aryl methyl sites for hydroxylation is 1. The van der Waals surface area contributed by atoms with E-state index in [1.165, 1.54) is 36.0 Å². The van der Waals surface area contributed by atoms with E-state index in [0.29, 0.717) is 23.1 Å². The summed E-state index contributed by atoms with van der Waals surface area (Å²) in [5.41, 5.74) is 5.56. The number of nitrogens with two attached hydrogens (primary N) is 1. The molecule has 2 amide bonds. The zero-order valence-electron chi connectivity index (χ0n) is 13.8. The lowest BCUT2D eigenvalue weighted by Crippen LogP contribution is -2.15. The fourth-order valence-corrected chi connectivity index (χ4v) is 2.70. The summed E-state index contributed by atoms with van der Waals surface area (Å²) in [6.45, 7) is -2.90. The van der Waals surface area contributed by atoms with E-state index >= 15 is 0 Å². The van der Waals surface area contributed by atoms with Crippen molar-refractivity contribution in [2.75, 3.05) is 11.1 Å².